The first-order valence-corrected chi connectivity index (χ1v) is 6.83. The quantitative estimate of drug-likeness (QED) is 0.709. The van der Waals surface area contributed by atoms with E-state index in [2.05, 4.69) is 10.0 Å². The van der Waals surface area contributed by atoms with E-state index in [9.17, 15) is 8.42 Å². The Bertz CT molecular complexity index is 488. The Morgan fingerprint density at radius 2 is 1.94 bits per heavy atom. The van der Waals surface area contributed by atoms with Crippen molar-refractivity contribution in [3.63, 3.8) is 0 Å². The van der Waals surface area contributed by atoms with E-state index in [1.165, 1.54) is 7.05 Å². The maximum absolute atomic E-state index is 11.1. The van der Waals surface area contributed by atoms with Crippen molar-refractivity contribution in [1.82, 2.24) is 10.0 Å². The average Bonchev–Trinajstić information content (AvgIpc) is 2.35. The summed E-state index contributed by atoms with van der Waals surface area (Å²) in [6, 6.07) is 9.21. The van der Waals surface area contributed by atoms with Crippen LogP contribution in [0.4, 0.5) is 0 Å². The first-order valence-electron chi connectivity index (χ1n) is 5.18. The standard InChI is InChI=1S/C11H15N3O2S/c1-13-17(15,16)7-6-14-9-11-4-2-10(8-12)3-5-11/h2-5,13-14H,6-7,9H2,1H3. The predicted molar refractivity (Wildman–Crippen MR) is 65.7 cm³/mol. The van der Waals surface area contributed by atoms with Gasteiger partial charge in [0.2, 0.25) is 10.0 Å². The molecule has 0 fully saturated rings. The van der Waals surface area contributed by atoms with Crippen molar-refractivity contribution in [3.05, 3.63) is 35.4 Å². The summed E-state index contributed by atoms with van der Waals surface area (Å²) < 4.78 is 24.5. The molecule has 0 amide bonds. The second kappa shape index (κ2) is 6.35. The van der Waals surface area contributed by atoms with Gasteiger partial charge >= 0.3 is 0 Å². The summed E-state index contributed by atoms with van der Waals surface area (Å²) in [6.45, 7) is 0.980. The molecule has 0 aliphatic rings. The molecular weight excluding hydrogens is 238 g/mol. The van der Waals surface area contributed by atoms with Crippen molar-refractivity contribution in [2.24, 2.45) is 0 Å². The lowest BCUT2D eigenvalue weighted by molar-refractivity contribution is 0.583. The number of nitrogens with zero attached hydrogens (tertiary/aromatic N) is 1. The summed E-state index contributed by atoms with van der Waals surface area (Å²) in [4.78, 5) is 0. The van der Waals surface area contributed by atoms with E-state index in [-0.39, 0.29) is 5.75 Å². The fourth-order valence-electron chi connectivity index (χ4n) is 1.24. The van der Waals surface area contributed by atoms with Crippen LogP contribution in [-0.4, -0.2) is 27.8 Å². The Morgan fingerprint density at radius 1 is 1.29 bits per heavy atom. The highest BCUT2D eigenvalue weighted by molar-refractivity contribution is 7.89. The van der Waals surface area contributed by atoms with Gasteiger partial charge in [0.25, 0.3) is 0 Å². The lowest BCUT2D eigenvalue weighted by atomic mass is 10.1. The van der Waals surface area contributed by atoms with Crippen LogP contribution in [0.2, 0.25) is 0 Å². The van der Waals surface area contributed by atoms with Gasteiger partial charge in [0.05, 0.1) is 17.4 Å². The molecule has 0 saturated heterocycles. The van der Waals surface area contributed by atoms with Crippen LogP contribution in [0.25, 0.3) is 0 Å². The molecular formula is C11H15N3O2S. The van der Waals surface area contributed by atoms with E-state index in [1.807, 2.05) is 18.2 Å². The number of benzene rings is 1. The molecule has 0 heterocycles. The molecule has 1 rings (SSSR count). The number of sulfonamides is 1. The van der Waals surface area contributed by atoms with E-state index in [0.717, 1.165) is 5.56 Å². The van der Waals surface area contributed by atoms with Crippen molar-refractivity contribution >= 4 is 10.0 Å². The highest BCUT2D eigenvalue weighted by Crippen LogP contribution is 2.02. The maximum atomic E-state index is 11.1. The van der Waals surface area contributed by atoms with Gasteiger partial charge in [-0.25, -0.2) is 13.1 Å². The van der Waals surface area contributed by atoms with Gasteiger partial charge in [0.15, 0.2) is 0 Å². The molecule has 5 nitrogen and oxygen atoms in total. The van der Waals surface area contributed by atoms with Crippen molar-refractivity contribution < 1.29 is 8.42 Å². The lowest BCUT2D eigenvalue weighted by Gasteiger charge is -2.05. The molecule has 1 aromatic carbocycles. The summed E-state index contributed by atoms with van der Waals surface area (Å²) >= 11 is 0. The van der Waals surface area contributed by atoms with Crippen LogP contribution in [0.3, 0.4) is 0 Å². The first-order chi connectivity index (χ1) is 8.07. The predicted octanol–water partition coefficient (Wildman–Crippen LogP) is 0.197. The molecule has 6 heteroatoms. The number of nitriles is 1. The van der Waals surface area contributed by atoms with E-state index in [1.54, 1.807) is 12.1 Å². The monoisotopic (exact) mass is 253 g/mol. The fraction of sp³-hybridized carbons (Fsp3) is 0.364. The molecule has 0 unspecified atom stereocenters. The minimum absolute atomic E-state index is 0.0553. The van der Waals surface area contributed by atoms with Crippen molar-refractivity contribution in [2.75, 3.05) is 19.3 Å². The van der Waals surface area contributed by atoms with Crippen LogP contribution < -0.4 is 10.0 Å². The number of hydrogen-bond donors (Lipinski definition) is 2. The van der Waals surface area contributed by atoms with Crippen molar-refractivity contribution in [1.29, 1.82) is 5.26 Å². The van der Waals surface area contributed by atoms with Crippen molar-refractivity contribution in [3.8, 4) is 6.07 Å². The van der Waals surface area contributed by atoms with Gasteiger partial charge < -0.3 is 5.32 Å². The molecule has 0 aliphatic heterocycles. The summed E-state index contributed by atoms with van der Waals surface area (Å²) in [5, 5.41) is 11.6. The molecule has 0 aliphatic carbocycles. The first kappa shape index (κ1) is 13.6. The summed E-state index contributed by atoms with van der Waals surface area (Å²) in [5.74, 6) is 0.0553. The molecule has 92 valence electrons. The molecule has 0 aromatic heterocycles. The second-order valence-electron chi connectivity index (χ2n) is 3.51. The Labute approximate surface area is 102 Å². The zero-order valence-corrected chi connectivity index (χ0v) is 10.4. The van der Waals surface area contributed by atoms with Crippen LogP contribution in [0, 0.1) is 11.3 Å². The summed E-state index contributed by atoms with van der Waals surface area (Å²) in [5.41, 5.74) is 1.64. The van der Waals surface area contributed by atoms with Gasteiger partial charge in [0.1, 0.15) is 0 Å². The van der Waals surface area contributed by atoms with Crippen LogP contribution >= 0.6 is 0 Å². The molecule has 0 radical (unpaired) electrons. The van der Waals surface area contributed by atoms with E-state index < -0.39 is 10.0 Å². The molecule has 0 saturated carbocycles. The van der Waals surface area contributed by atoms with Gasteiger partial charge in [-0.3, -0.25) is 0 Å². The highest BCUT2D eigenvalue weighted by atomic mass is 32.2. The summed E-state index contributed by atoms with van der Waals surface area (Å²) in [7, 11) is -1.74. The Hall–Kier alpha value is -1.42. The van der Waals surface area contributed by atoms with Crippen molar-refractivity contribution in [2.45, 2.75) is 6.54 Å². The Kier molecular flexibility index (Phi) is 5.10. The van der Waals surface area contributed by atoms with Crippen LogP contribution in [-0.2, 0) is 16.6 Å². The minimum Gasteiger partial charge on any atom is -0.312 e. The fourth-order valence-corrected chi connectivity index (χ4v) is 1.86. The SMILES string of the molecule is CNS(=O)(=O)CCNCc1ccc(C#N)cc1. The second-order valence-corrected chi connectivity index (χ2v) is 5.55. The zero-order valence-electron chi connectivity index (χ0n) is 9.60. The summed E-state index contributed by atoms with van der Waals surface area (Å²) in [6.07, 6.45) is 0. The molecule has 17 heavy (non-hydrogen) atoms. The topological polar surface area (TPSA) is 82.0 Å². The smallest absolute Gasteiger partial charge is 0.212 e. The van der Waals surface area contributed by atoms with Gasteiger partial charge in [-0.05, 0) is 24.7 Å². The van der Waals surface area contributed by atoms with Gasteiger partial charge in [-0.1, -0.05) is 12.1 Å². The molecule has 0 bridgehead atoms. The maximum Gasteiger partial charge on any atom is 0.212 e. The number of hydrogen-bond acceptors (Lipinski definition) is 4. The van der Waals surface area contributed by atoms with Crippen LogP contribution in [0.15, 0.2) is 24.3 Å². The molecule has 0 spiro atoms. The largest absolute Gasteiger partial charge is 0.312 e. The third-order valence-corrected chi connectivity index (χ3v) is 3.63. The third kappa shape index (κ3) is 4.95. The van der Waals surface area contributed by atoms with E-state index >= 15 is 0 Å². The molecule has 1 aromatic rings. The van der Waals surface area contributed by atoms with Crippen LogP contribution in [0.5, 0.6) is 0 Å². The van der Waals surface area contributed by atoms with Gasteiger partial charge in [-0.15, -0.1) is 0 Å². The van der Waals surface area contributed by atoms with Gasteiger partial charge in [-0.2, -0.15) is 5.26 Å². The third-order valence-electron chi connectivity index (χ3n) is 2.27. The lowest BCUT2D eigenvalue weighted by Crippen LogP contribution is -2.29. The van der Waals surface area contributed by atoms with Crippen LogP contribution in [0.1, 0.15) is 11.1 Å². The van der Waals surface area contributed by atoms with Gasteiger partial charge in [0, 0.05) is 13.1 Å². The van der Waals surface area contributed by atoms with E-state index in [0.29, 0.717) is 18.7 Å². The normalized spacial score (nSPS) is 11.1. The van der Waals surface area contributed by atoms with E-state index in [4.69, 9.17) is 5.26 Å². The zero-order chi connectivity index (χ0) is 12.7. The number of nitrogens with one attached hydrogen (secondary N) is 2. The Balaban J connectivity index is 2.34. The molecule has 2 N–H and O–H groups in total. The number of rotatable bonds is 6. The highest BCUT2D eigenvalue weighted by Gasteiger charge is 2.05. The molecule has 0 atom stereocenters. The Morgan fingerprint density at radius 3 is 2.47 bits per heavy atom. The minimum atomic E-state index is -3.14. The average molecular weight is 253 g/mol.